The zero-order valence-corrected chi connectivity index (χ0v) is 9.53. The molecule has 17 heavy (non-hydrogen) atoms. The van der Waals surface area contributed by atoms with Crippen molar-refractivity contribution in [3.63, 3.8) is 0 Å². The fourth-order valence-electron chi connectivity index (χ4n) is 1.09. The highest BCUT2D eigenvalue weighted by Gasteiger charge is 2.09. The topological polar surface area (TPSA) is 67.4 Å². The third-order valence-electron chi connectivity index (χ3n) is 1.97. The Hall–Kier alpha value is -2.30. The van der Waals surface area contributed by atoms with Crippen molar-refractivity contribution in [3.8, 4) is 0 Å². The molecule has 90 valence electrons. The maximum absolute atomic E-state index is 11.3. The molecule has 0 spiro atoms. The molecule has 0 heterocycles. The monoisotopic (exact) mass is 234 g/mol. The van der Waals surface area contributed by atoms with E-state index in [1.165, 1.54) is 7.05 Å². The van der Waals surface area contributed by atoms with Crippen LogP contribution in [0.2, 0.25) is 0 Å². The molecule has 0 aromatic heterocycles. The van der Waals surface area contributed by atoms with E-state index in [-0.39, 0.29) is 12.3 Å². The summed E-state index contributed by atoms with van der Waals surface area (Å²) in [5.41, 5.74) is 0.818. The van der Waals surface area contributed by atoms with Gasteiger partial charge in [0.05, 0.1) is 0 Å². The van der Waals surface area contributed by atoms with Crippen molar-refractivity contribution < 1.29 is 14.3 Å². The molecule has 1 aromatic carbocycles. The number of benzene rings is 1. The van der Waals surface area contributed by atoms with Gasteiger partial charge >= 0.3 is 6.09 Å². The molecule has 0 aliphatic heterocycles. The van der Waals surface area contributed by atoms with Crippen molar-refractivity contribution in [2.45, 2.75) is 6.61 Å². The predicted molar refractivity (Wildman–Crippen MR) is 63.0 cm³/mol. The number of hydrogen-bond acceptors (Lipinski definition) is 3. The van der Waals surface area contributed by atoms with Crippen LogP contribution in [0.5, 0.6) is 0 Å². The van der Waals surface area contributed by atoms with Gasteiger partial charge in [-0.05, 0) is 5.56 Å². The smallest absolute Gasteiger partial charge is 0.412 e. The van der Waals surface area contributed by atoms with Crippen LogP contribution in [-0.2, 0) is 16.1 Å². The van der Waals surface area contributed by atoms with E-state index in [2.05, 4.69) is 17.2 Å². The van der Waals surface area contributed by atoms with Gasteiger partial charge in [0.25, 0.3) is 5.91 Å². The predicted octanol–water partition coefficient (Wildman–Crippen LogP) is 1.17. The zero-order valence-electron chi connectivity index (χ0n) is 9.53. The van der Waals surface area contributed by atoms with Crippen LogP contribution < -0.4 is 10.6 Å². The van der Waals surface area contributed by atoms with Crippen LogP contribution in [0.1, 0.15) is 5.56 Å². The largest absolute Gasteiger partial charge is 0.444 e. The average molecular weight is 234 g/mol. The molecule has 0 radical (unpaired) electrons. The molecular formula is C12H14N2O3. The van der Waals surface area contributed by atoms with Gasteiger partial charge in [-0.25, -0.2) is 4.79 Å². The molecule has 0 unspecified atom stereocenters. The maximum atomic E-state index is 11.3. The number of likely N-dealkylation sites (N-methyl/N-ethyl adjacent to an activating group) is 1. The van der Waals surface area contributed by atoms with E-state index < -0.39 is 12.0 Å². The second kappa shape index (κ2) is 6.32. The quantitative estimate of drug-likeness (QED) is 0.768. The van der Waals surface area contributed by atoms with Crippen molar-refractivity contribution in [1.82, 2.24) is 10.6 Å². The first kappa shape index (κ1) is 12.8. The van der Waals surface area contributed by atoms with E-state index in [0.29, 0.717) is 0 Å². The summed E-state index contributed by atoms with van der Waals surface area (Å²) in [6.45, 7) is 3.54. The number of alkyl carbamates (subject to hydrolysis) is 1. The lowest BCUT2D eigenvalue weighted by Crippen LogP contribution is -2.32. The Balaban J connectivity index is 2.36. The summed E-state index contributed by atoms with van der Waals surface area (Å²) >= 11 is 0. The molecular weight excluding hydrogens is 220 g/mol. The van der Waals surface area contributed by atoms with Gasteiger partial charge in [0.2, 0.25) is 0 Å². The SMILES string of the molecule is C=C(NC(=O)OCc1ccccc1)C(=O)NC. The lowest BCUT2D eigenvalue weighted by molar-refractivity contribution is -0.117. The summed E-state index contributed by atoms with van der Waals surface area (Å²) in [6, 6.07) is 9.23. The minimum absolute atomic E-state index is 0.0504. The van der Waals surface area contributed by atoms with Crippen LogP contribution in [-0.4, -0.2) is 19.0 Å². The minimum atomic E-state index is -0.706. The zero-order chi connectivity index (χ0) is 12.7. The first-order valence-electron chi connectivity index (χ1n) is 5.02. The summed E-state index contributed by atoms with van der Waals surface area (Å²) in [7, 11) is 1.45. The summed E-state index contributed by atoms with van der Waals surface area (Å²) in [6.07, 6.45) is -0.706. The van der Waals surface area contributed by atoms with Crippen LogP contribution in [0.15, 0.2) is 42.6 Å². The number of ether oxygens (including phenoxy) is 1. The van der Waals surface area contributed by atoms with E-state index in [1.54, 1.807) is 0 Å². The minimum Gasteiger partial charge on any atom is -0.444 e. The standard InChI is InChI=1S/C12H14N2O3/c1-9(11(15)13-2)14-12(16)17-8-10-6-4-3-5-7-10/h3-7H,1,8H2,2H3,(H,13,15)(H,14,16). The molecule has 2 amide bonds. The number of nitrogens with one attached hydrogen (secondary N) is 2. The Kier molecular flexibility index (Phi) is 4.75. The van der Waals surface area contributed by atoms with Gasteiger partial charge in [-0.1, -0.05) is 36.9 Å². The first-order chi connectivity index (χ1) is 8.13. The number of carbonyl (C=O) groups is 2. The molecule has 0 bridgehead atoms. The number of amides is 2. The summed E-state index contributed by atoms with van der Waals surface area (Å²) in [4.78, 5) is 22.3. The molecule has 5 nitrogen and oxygen atoms in total. The Bertz CT molecular complexity index is 415. The molecule has 1 rings (SSSR count). The third kappa shape index (κ3) is 4.38. The number of carbonyl (C=O) groups excluding carboxylic acids is 2. The van der Waals surface area contributed by atoms with Crippen LogP contribution in [0.25, 0.3) is 0 Å². The highest BCUT2D eigenvalue weighted by molar-refractivity contribution is 5.95. The second-order valence-corrected chi connectivity index (χ2v) is 3.24. The molecule has 0 fully saturated rings. The molecule has 2 N–H and O–H groups in total. The third-order valence-corrected chi connectivity index (χ3v) is 1.97. The van der Waals surface area contributed by atoms with Gasteiger partial charge in [-0.15, -0.1) is 0 Å². The van der Waals surface area contributed by atoms with Crippen LogP contribution in [0.4, 0.5) is 4.79 Å². The van der Waals surface area contributed by atoms with E-state index in [9.17, 15) is 9.59 Å². The highest BCUT2D eigenvalue weighted by Crippen LogP contribution is 2.00. The lowest BCUT2D eigenvalue weighted by atomic mass is 10.2. The van der Waals surface area contributed by atoms with Crippen molar-refractivity contribution in [2.24, 2.45) is 0 Å². The number of hydrogen-bond donors (Lipinski definition) is 2. The first-order valence-corrected chi connectivity index (χ1v) is 5.02. The maximum Gasteiger partial charge on any atom is 0.412 e. The fourth-order valence-corrected chi connectivity index (χ4v) is 1.09. The molecule has 0 aliphatic rings. The molecule has 0 aliphatic carbocycles. The van der Waals surface area contributed by atoms with Gasteiger partial charge in [-0.2, -0.15) is 0 Å². The van der Waals surface area contributed by atoms with Crippen LogP contribution >= 0.6 is 0 Å². The molecule has 1 aromatic rings. The Morgan fingerprint density at radius 2 is 1.94 bits per heavy atom. The van der Waals surface area contributed by atoms with Crippen molar-refractivity contribution in [3.05, 3.63) is 48.2 Å². The molecule has 0 atom stereocenters. The van der Waals surface area contributed by atoms with Crippen LogP contribution in [0.3, 0.4) is 0 Å². The van der Waals surface area contributed by atoms with Gasteiger partial charge < -0.3 is 10.1 Å². The lowest BCUT2D eigenvalue weighted by Gasteiger charge is -2.08. The van der Waals surface area contributed by atoms with Crippen molar-refractivity contribution >= 4 is 12.0 Å². The summed E-state index contributed by atoms with van der Waals surface area (Å²) in [5, 5.41) is 4.57. The van der Waals surface area contributed by atoms with E-state index in [4.69, 9.17) is 4.74 Å². The summed E-state index contributed by atoms with van der Waals surface area (Å²) < 4.78 is 4.90. The molecule has 0 saturated heterocycles. The van der Waals surface area contributed by atoms with E-state index in [0.717, 1.165) is 5.56 Å². The van der Waals surface area contributed by atoms with E-state index in [1.807, 2.05) is 30.3 Å². The van der Waals surface area contributed by atoms with Gasteiger partial charge in [-0.3, -0.25) is 10.1 Å². The summed E-state index contributed by atoms with van der Waals surface area (Å²) in [5.74, 6) is -0.457. The molecule has 0 saturated carbocycles. The fraction of sp³-hybridized carbons (Fsp3) is 0.167. The Morgan fingerprint density at radius 1 is 1.29 bits per heavy atom. The Morgan fingerprint density at radius 3 is 2.53 bits per heavy atom. The van der Waals surface area contributed by atoms with Crippen molar-refractivity contribution in [1.29, 1.82) is 0 Å². The van der Waals surface area contributed by atoms with Gasteiger partial charge in [0.1, 0.15) is 12.3 Å². The van der Waals surface area contributed by atoms with Gasteiger partial charge in [0, 0.05) is 7.05 Å². The highest BCUT2D eigenvalue weighted by atomic mass is 16.5. The van der Waals surface area contributed by atoms with Crippen LogP contribution in [0, 0.1) is 0 Å². The van der Waals surface area contributed by atoms with Crippen molar-refractivity contribution in [2.75, 3.05) is 7.05 Å². The van der Waals surface area contributed by atoms with E-state index >= 15 is 0 Å². The normalized spacial score (nSPS) is 9.24. The second-order valence-electron chi connectivity index (χ2n) is 3.24. The number of rotatable bonds is 4. The van der Waals surface area contributed by atoms with Gasteiger partial charge in [0.15, 0.2) is 0 Å². The average Bonchev–Trinajstić information content (AvgIpc) is 2.36. The Labute approximate surface area is 99.5 Å². The molecule has 5 heteroatoms.